The first-order valence-electron chi connectivity index (χ1n) is 8.69. The Morgan fingerprint density at radius 1 is 1.13 bits per heavy atom. The Morgan fingerprint density at radius 3 is 2.43 bits per heavy atom. The zero-order chi connectivity index (χ0) is 15.7. The van der Waals surface area contributed by atoms with Gasteiger partial charge in [0, 0.05) is 18.3 Å². The molecule has 0 N–H and O–H groups in total. The zero-order valence-electron chi connectivity index (χ0n) is 13.4. The van der Waals surface area contributed by atoms with E-state index < -0.39 is 5.67 Å². The lowest BCUT2D eigenvalue weighted by Gasteiger charge is -2.60. The molecule has 0 radical (unpaired) electrons. The second-order valence-corrected chi connectivity index (χ2v) is 7.98. The number of oxime groups is 1. The van der Waals surface area contributed by atoms with Crippen molar-refractivity contribution >= 4 is 5.71 Å². The van der Waals surface area contributed by atoms with Crippen LogP contribution in [0.15, 0.2) is 29.4 Å². The smallest absolute Gasteiger partial charge is 0.149 e. The average molecular weight is 315 g/mol. The number of halogens is 1. The van der Waals surface area contributed by atoms with Gasteiger partial charge in [-0.25, -0.2) is 4.39 Å². The van der Waals surface area contributed by atoms with Crippen molar-refractivity contribution in [3.8, 4) is 5.75 Å². The number of alkyl halides is 1. The van der Waals surface area contributed by atoms with Crippen molar-refractivity contribution in [3.05, 3.63) is 29.8 Å². The van der Waals surface area contributed by atoms with Gasteiger partial charge in [-0.05, 0) is 67.9 Å². The van der Waals surface area contributed by atoms with E-state index in [1.165, 1.54) is 0 Å². The van der Waals surface area contributed by atoms with Crippen LogP contribution in [0.2, 0.25) is 0 Å². The van der Waals surface area contributed by atoms with Gasteiger partial charge < -0.3 is 9.57 Å². The number of methoxy groups -OCH3 is 1. The molecule has 4 saturated carbocycles. The molecule has 1 aromatic rings. The van der Waals surface area contributed by atoms with Crippen molar-refractivity contribution in [2.24, 2.45) is 22.9 Å². The van der Waals surface area contributed by atoms with Crippen LogP contribution in [0.1, 0.15) is 44.1 Å². The highest BCUT2D eigenvalue weighted by molar-refractivity contribution is 6.01. The summed E-state index contributed by atoms with van der Waals surface area (Å²) in [6, 6.07) is 7.98. The largest absolute Gasteiger partial charge is 0.497 e. The molecule has 23 heavy (non-hydrogen) atoms. The molecule has 1 aromatic carbocycles. The van der Waals surface area contributed by atoms with Crippen LogP contribution in [0, 0.1) is 17.8 Å². The summed E-state index contributed by atoms with van der Waals surface area (Å²) in [7, 11) is 1.67. The number of hydrogen-bond donors (Lipinski definition) is 0. The van der Waals surface area contributed by atoms with Gasteiger partial charge in [0.1, 0.15) is 17.0 Å². The maximum Gasteiger partial charge on any atom is 0.149 e. The molecule has 1 aliphatic heterocycles. The summed E-state index contributed by atoms with van der Waals surface area (Å²) in [6.45, 7) is 0. The van der Waals surface area contributed by atoms with Gasteiger partial charge in [0.05, 0.1) is 12.8 Å². The van der Waals surface area contributed by atoms with E-state index in [0.717, 1.165) is 42.7 Å². The number of benzene rings is 1. The van der Waals surface area contributed by atoms with E-state index in [1.807, 2.05) is 24.3 Å². The number of hydrogen-bond acceptors (Lipinski definition) is 3. The molecule has 122 valence electrons. The Kier molecular flexibility index (Phi) is 2.70. The van der Waals surface area contributed by atoms with Gasteiger partial charge >= 0.3 is 0 Å². The van der Waals surface area contributed by atoms with Crippen LogP contribution in [0.25, 0.3) is 0 Å². The first-order chi connectivity index (χ1) is 11.1. The van der Waals surface area contributed by atoms with Gasteiger partial charge in [0.15, 0.2) is 0 Å². The fourth-order valence-electron chi connectivity index (χ4n) is 5.80. The van der Waals surface area contributed by atoms with Gasteiger partial charge in [0.25, 0.3) is 0 Å². The highest BCUT2D eigenvalue weighted by Crippen LogP contribution is 2.64. The lowest BCUT2D eigenvalue weighted by molar-refractivity contribution is -0.217. The molecular weight excluding hydrogens is 293 g/mol. The minimum absolute atomic E-state index is 0.234. The van der Waals surface area contributed by atoms with Gasteiger partial charge in [0.2, 0.25) is 0 Å². The number of rotatable bonds is 2. The van der Waals surface area contributed by atoms with E-state index in [2.05, 4.69) is 5.16 Å². The molecule has 3 nitrogen and oxygen atoms in total. The summed E-state index contributed by atoms with van der Waals surface area (Å²) in [5.74, 6) is 2.07. The Labute approximate surface area is 135 Å². The van der Waals surface area contributed by atoms with Crippen molar-refractivity contribution < 1.29 is 14.0 Å². The van der Waals surface area contributed by atoms with Crippen LogP contribution in [0.4, 0.5) is 4.39 Å². The third kappa shape index (κ3) is 1.90. The summed E-state index contributed by atoms with van der Waals surface area (Å²) in [5.41, 5.74) is 0.940. The molecule has 4 heteroatoms. The van der Waals surface area contributed by atoms with Gasteiger partial charge in [-0.15, -0.1) is 0 Å². The molecule has 0 amide bonds. The monoisotopic (exact) mass is 315 g/mol. The fraction of sp³-hybridized carbons (Fsp3) is 0.632. The molecule has 3 unspecified atom stereocenters. The molecule has 1 spiro atoms. The molecule has 5 aliphatic rings. The topological polar surface area (TPSA) is 30.8 Å². The Morgan fingerprint density at radius 2 is 1.83 bits per heavy atom. The van der Waals surface area contributed by atoms with Crippen LogP contribution in [-0.2, 0) is 4.84 Å². The second kappa shape index (κ2) is 4.49. The highest BCUT2D eigenvalue weighted by atomic mass is 19.1. The van der Waals surface area contributed by atoms with E-state index in [9.17, 15) is 4.39 Å². The molecule has 4 fully saturated rings. The Hall–Kier alpha value is -1.58. The van der Waals surface area contributed by atoms with E-state index in [4.69, 9.17) is 9.57 Å². The summed E-state index contributed by atoms with van der Waals surface area (Å²) >= 11 is 0. The minimum atomic E-state index is -0.923. The molecule has 0 aromatic heterocycles. The van der Waals surface area contributed by atoms with Crippen molar-refractivity contribution in [1.82, 2.24) is 0 Å². The summed E-state index contributed by atoms with van der Waals surface area (Å²) in [6.07, 6.45) is 5.19. The Balaban J connectivity index is 1.42. The normalized spacial score (nSPS) is 43.6. The van der Waals surface area contributed by atoms with Crippen molar-refractivity contribution in [2.45, 2.75) is 49.8 Å². The highest BCUT2D eigenvalue weighted by Gasteiger charge is 2.66. The van der Waals surface area contributed by atoms with E-state index in [1.54, 1.807) is 7.11 Å². The van der Waals surface area contributed by atoms with Gasteiger partial charge in [-0.2, -0.15) is 0 Å². The first kappa shape index (κ1) is 13.8. The summed E-state index contributed by atoms with van der Waals surface area (Å²) in [5, 5.41) is 4.44. The van der Waals surface area contributed by atoms with E-state index in [0.29, 0.717) is 30.6 Å². The first-order valence-corrected chi connectivity index (χ1v) is 8.69. The van der Waals surface area contributed by atoms with Crippen LogP contribution < -0.4 is 4.74 Å². The van der Waals surface area contributed by atoms with Gasteiger partial charge in [-0.1, -0.05) is 5.16 Å². The molecule has 4 bridgehead atoms. The van der Waals surface area contributed by atoms with Gasteiger partial charge in [-0.3, -0.25) is 0 Å². The maximum absolute atomic E-state index is 14.9. The predicted molar refractivity (Wildman–Crippen MR) is 85.4 cm³/mol. The number of ether oxygens (including phenoxy) is 1. The molecule has 0 saturated heterocycles. The predicted octanol–water partition coefficient (Wildman–Crippen LogP) is 4.11. The third-order valence-electron chi connectivity index (χ3n) is 6.69. The van der Waals surface area contributed by atoms with Crippen LogP contribution in [0.5, 0.6) is 5.75 Å². The molecule has 1 heterocycles. The maximum atomic E-state index is 14.9. The standard InChI is InChI=1S/C19H22FNO2/c1-22-16-4-2-13(3-5-16)17-11-19(23-21-17)14-6-12-7-15(19)10-18(20,8-12)9-14/h2-5,12,14-15H,6-11H2,1H3/t12?,14-,15+,18?,19?. The molecule has 4 aliphatic carbocycles. The fourth-order valence-corrected chi connectivity index (χ4v) is 5.80. The van der Waals surface area contributed by atoms with E-state index >= 15 is 0 Å². The Bertz CT molecular complexity index is 652. The third-order valence-corrected chi connectivity index (χ3v) is 6.69. The molecule has 6 rings (SSSR count). The number of nitrogens with zero attached hydrogens (tertiary/aromatic N) is 1. The summed E-state index contributed by atoms with van der Waals surface area (Å²) in [4.78, 5) is 6.08. The van der Waals surface area contributed by atoms with E-state index in [-0.39, 0.29) is 5.60 Å². The molecule has 5 atom stereocenters. The lowest BCUT2D eigenvalue weighted by atomic mass is 9.48. The second-order valence-electron chi connectivity index (χ2n) is 7.98. The van der Waals surface area contributed by atoms with Crippen LogP contribution in [-0.4, -0.2) is 24.1 Å². The lowest BCUT2D eigenvalue weighted by Crippen LogP contribution is -2.62. The quantitative estimate of drug-likeness (QED) is 0.822. The van der Waals surface area contributed by atoms with Crippen molar-refractivity contribution in [1.29, 1.82) is 0 Å². The van der Waals surface area contributed by atoms with Crippen LogP contribution in [0.3, 0.4) is 0 Å². The SMILES string of the molecule is COc1ccc(C2=NOC3(C2)[C@@H]2CC4C[C@H]3CC(F)(C4)C2)cc1. The van der Waals surface area contributed by atoms with Crippen LogP contribution >= 0.6 is 0 Å². The minimum Gasteiger partial charge on any atom is -0.497 e. The zero-order valence-corrected chi connectivity index (χ0v) is 13.4. The van der Waals surface area contributed by atoms with Crippen molar-refractivity contribution in [3.63, 3.8) is 0 Å². The molecular formula is C19H22FNO2. The summed E-state index contributed by atoms with van der Waals surface area (Å²) < 4.78 is 20.1. The average Bonchev–Trinajstić information content (AvgIpc) is 2.98. The van der Waals surface area contributed by atoms with Crippen molar-refractivity contribution in [2.75, 3.05) is 7.11 Å².